The molecule has 0 spiro atoms. The third-order valence-corrected chi connectivity index (χ3v) is 6.71. The van der Waals surface area contributed by atoms with E-state index in [9.17, 15) is 9.90 Å². The van der Waals surface area contributed by atoms with Gasteiger partial charge in [-0.05, 0) is 66.2 Å². The zero-order chi connectivity index (χ0) is 24.4. The number of carbonyl (C=O) groups excluding carboxylic acids is 1. The highest BCUT2D eigenvalue weighted by molar-refractivity contribution is 7.99. The van der Waals surface area contributed by atoms with Crippen LogP contribution in [0, 0.1) is 13.8 Å². The Bertz CT molecular complexity index is 1370. The number of fused-ring (bicyclic) bond motifs is 1. The van der Waals surface area contributed by atoms with Crippen molar-refractivity contribution in [3.05, 3.63) is 58.6 Å². The molecule has 0 radical (unpaired) electrons. The van der Waals surface area contributed by atoms with Crippen molar-refractivity contribution < 1.29 is 14.6 Å². The number of anilines is 1. The van der Waals surface area contributed by atoms with Crippen molar-refractivity contribution in [1.29, 1.82) is 0 Å². The summed E-state index contributed by atoms with van der Waals surface area (Å²) in [5, 5.41) is 27.0. The third kappa shape index (κ3) is 4.80. The Labute approximate surface area is 206 Å². The second-order valence-corrected chi connectivity index (χ2v) is 9.31. The molecule has 3 aromatic carbocycles. The van der Waals surface area contributed by atoms with E-state index in [4.69, 9.17) is 16.3 Å². The monoisotopic (exact) mass is 497 g/mol. The zero-order valence-electron chi connectivity index (χ0n) is 19.2. The number of halogens is 1. The molecule has 0 aliphatic carbocycles. The van der Waals surface area contributed by atoms with Crippen LogP contribution in [0.5, 0.6) is 11.5 Å². The summed E-state index contributed by atoms with van der Waals surface area (Å²) in [6.45, 7) is 5.86. The van der Waals surface area contributed by atoms with Crippen LogP contribution in [0.1, 0.15) is 24.5 Å². The lowest BCUT2D eigenvalue weighted by Gasteiger charge is -2.20. The minimum Gasteiger partial charge on any atom is -0.506 e. The summed E-state index contributed by atoms with van der Waals surface area (Å²) in [5.74, 6) is 0.313. The molecule has 0 saturated carbocycles. The van der Waals surface area contributed by atoms with Gasteiger partial charge in [0.2, 0.25) is 5.16 Å². The molecule has 1 unspecified atom stereocenters. The van der Waals surface area contributed by atoms with Crippen LogP contribution < -0.4 is 10.1 Å². The van der Waals surface area contributed by atoms with Gasteiger partial charge < -0.3 is 15.2 Å². The number of nitrogens with one attached hydrogen (secondary N) is 1. The Balaban J connectivity index is 1.70. The van der Waals surface area contributed by atoms with Gasteiger partial charge in [-0.3, -0.25) is 4.79 Å². The van der Waals surface area contributed by atoms with Gasteiger partial charge in [0.25, 0.3) is 5.91 Å². The van der Waals surface area contributed by atoms with Crippen LogP contribution >= 0.6 is 23.4 Å². The van der Waals surface area contributed by atoms with Crippen molar-refractivity contribution in [2.45, 2.75) is 43.3 Å². The number of ether oxygens (including phenoxy) is 1. The fraction of sp³-hybridized carbons (Fsp3) is 0.250. The van der Waals surface area contributed by atoms with Gasteiger partial charge in [0.05, 0.1) is 5.02 Å². The van der Waals surface area contributed by atoms with Crippen LogP contribution in [-0.4, -0.2) is 37.3 Å². The van der Waals surface area contributed by atoms with Crippen LogP contribution in [0.4, 0.5) is 5.69 Å². The number of aryl methyl sites for hydroxylation is 3. The molecule has 4 aromatic rings. The van der Waals surface area contributed by atoms with Gasteiger partial charge in [0, 0.05) is 28.4 Å². The van der Waals surface area contributed by atoms with Gasteiger partial charge in [-0.25, -0.2) is 4.68 Å². The summed E-state index contributed by atoms with van der Waals surface area (Å²) in [7, 11) is 1.73. The largest absolute Gasteiger partial charge is 0.506 e. The molecule has 0 bridgehead atoms. The average Bonchev–Trinajstić information content (AvgIpc) is 3.21. The lowest BCUT2D eigenvalue weighted by atomic mass is 10.1. The normalized spacial score (nSPS) is 12.0. The van der Waals surface area contributed by atoms with E-state index >= 15 is 0 Å². The Morgan fingerprint density at radius 3 is 2.74 bits per heavy atom. The first-order valence-electron chi connectivity index (χ1n) is 10.7. The first-order chi connectivity index (χ1) is 16.3. The molecular weight excluding hydrogens is 474 g/mol. The highest BCUT2D eigenvalue weighted by Crippen LogP contribution is 2.43. The van der Waals surface area contributed by atoms with Gasteiger partial charge in [0.15, 0.2) is 6.10 Å². The first-order valence-corrected chi connectivity index (χ1v) is 11.9. The number of carbonyl (C=O) groups is 1. The van der Waals surface area contributed by atoms with Crippen LogP contribution in [0.3, 0.4) is 0 Å². The molecule has 1 atom stereocenters. The molecule has 34 heavy (non-hydrogen) atoms. The Morgan fingerprint density at radius 2 is 2.06 bits per heavy atom. The average molecular weight is 498 g/mol. The van der Waals surface area contributed by atoms with Gasteiger partial charge in [-0.15, -0.1) is 5.10 Å². The summed E-state index contributed by atoms with van der Waals surface area (Å²) >= 11 is 7.57. The van der Waals surface area contributed by atoms with E-state index in [0.717, 1.165) is 11.1 Å². The predicted octanol–water partition coefficient (Wildman–Crippen LogP) is 5.29. The van der Waals surface area contributed by atoms with Crippen LogP contribution in [-0.2, 0) is 11.8 Å². The molecule has 0 saturated heterocycles. The number of amides is 1. The molecule has 176 valence electrons. The van der Waals surface area contributed by atoms with Crippen molar-refractivity contribution in [2.24, 2.45) is 7.05 Å². The zero-order valence-corrected chi connectivity index (χ0v) is 20.7. The molecule has 2 N–H and O–H groups in total. The summed E-state index contributed by atoms with van der Waals surface area (Å²) in [4.78, 5) is 13.9. The van der Waals surface area contributed by atoms with E-state index in [2.05, 4.69) is 20.8 Å². The molecule has 10 heteroatoms. The lowest BCUT2D eigenvalue weighted by molar-refractivity contribution is -0.122. The van der Waals surface area contributed by atoms with Crippen molar-refractivity contribution in [3.8, 4) is 11.5 Å². The fourth-order valence-electron chi connectivity index (χ4n) is 3.61. The molecule has 0 fully saturated rings. The topological polar surface area (TPSA) is 102 Å². The Hall–Kier alpha value is -3.30. The summed E-state index contributed by atoms with van der Waals surface area (Å²) in [5.41, 5.74) is 2.61. The van der Waals surface area contributed by atoms with Crippen molar-refractivity contribution in [2.75, 3.05) is 5.32 Å². The number of aromatic nitrogens is 4. The number of hydrogen-bond donors (Lipinski definition) is 2. The maximum absolute atomic E-state index is 13.2. The highest BCUT2D eigenvalue weighted by Gasteiger charge is 2.22. The summed E-state index contributed by atoms with van der Waals surface area (Å²) in [6.07, 6.45) is -0.218. The predicted molar refractivity (Wildman–Crippen MR) is 133 cm³/mol. The van der Waals surface area contributed by atoms with Crippen molar-refractivity contribution in [1.82, 2.24) is 20.2 Å². The first kappa shape index (κ1) is 23.8. The Morgan fingerprint density at radius 1 is 1.26 bits per heavy atom. The van der Waals surface area contributed by atoms with E-state index in [1.807, 2.05) is 39.0 Å². The van der Waals surface area contributed by atoms with E-state index in [1.165, 1.54) is 16.4 Å². The number of tetrazole rings is 1. The van der Waals surface area contributed by atoms with Gasteiger partial charge in [-0.1, -0.05) is 48.4 Å². The number of nitrogens with zero attached hydrogens (tertiary/aromatic N) is 4. The van der Waals surface area contributed by atoms with Gasteiger partial charge in [-0.2, -0.15) is 0 Å². The number of benzene rings is 3. The molecule has 1 amide bonds. The van der Waals surface area contributed by atoms with Crippen molar-refractivity contribution in [3.63, 3.8) is 0 Å². The van der Waals surface area contributed by atoms with Gasteiger partial charge in [0.1, 0.15) is 11.5 Å². The Kier molecular flexibility index (Phi) is 6.95. The van der Waals surface area contributed by atoms with E-state index in [0.29, 0.717) is 38.7 Å². The summed E-state index contributed by atoms with van der Waals surface area (Å²) in [6, 6.07) is 12.8. The molecule has 1 heterocycles. The smallest absolute Gasteiger partial charge is 0.265 e. The SMILES string of the molecule is CCC(Oc1ccc(C)cc1C)C(=O)Nc1cccc2c(O)c(Cl)cc(Sc3nnnn3C)c12. The van der Waals surface area contributed by atoms with Gasteiger partial charge >= 0.3 is 0 Å². The molecule has 8 nitrogen and oxygen atoms in total. The minimum atomic E-state index is -0.698. The lowest BCUT2D eigenvalue weighted by Crippen LogP contribution is -2.32. The van der Waals surface area contributed by atoms with Crippen molar-refractivity contribution >= 4 is 45.7 Å². The second-order valence-electron chi connectivity index (χ2n) is 7.89. The van der Waals surface area contributed by atoms with Crippen LogP contribution in [0.15, 0.2) is 52.5 Å². The fourth-order valence-corrected chi connectivity index (χ4v) is 4.83. The maximum atomic E-state index is 13.2. The third-order valence-electron chi connectivity index (χ3n) is 5.35. The van der Waals surface area contributed by atoms with E-state index < -0.39 is 6.10 Å². The van der Waals surface area contributed by atoms with Crippen LogP contribution in [0.2, 0.25) is 5.02 Å². The second kappa shape index (κ2) is 9.90. The highest BCUT2D eigenvalue weighted by atomic mass is 35.5. The standard InChI is InChI=1S/C24H24ClN5O3S/c1-5-18(33-19-10-9-13(2)11-14(19)3)23(32)26-17-8-6-7-15-21(17)20(12-16(25)22(15)31)34-24-27-28-29-30(24)4/h6-12,18,31H,5H2,1-4H3,(H,26,32). The quantitative estimate of drug-likeness (QED) is 0.357. The number of rotatable bonds is 7. The molecule has 4 rings (SSSR count). The molecule has 0 aliphatic heterocycles. The van der Waals surface area contributed by atoms with E-state index in [1.54, 1.807) is 31.3 Å². The molecule has 0 aliphatic rings. The number of phenols is 1. The minimum absolute atomic E-state index is 0.0632. The number of hydrogen-bond acceptors (Lipinski definition) is 7. The number of aromatic hydroxyl groups is 1. The molecular formula is C24H24ClN5O3S. The summed E-state index contributed by atoms with van der Waals surface area (Å²) < 4.78 is 7.58. The van der Waals surface area contributed by atoms with E-state index in [-0.39, 0.29) is 16.7 Å². The number of phenolic OH excluding ortho intramolecular Hbond substituents is 1. The van der Waals surface area contributed by atoms with Crippen LogP contribution in [0.25, 0.3) is 10.8 Å². The maximum Gasteiger partial charge on any atom is 0.265 e. The molecule has 1 aromatic heterocycles.